The first-order valence-corrected chi connectivity index (χ1v) is 9.17. The maximum Gasteiger partial charge on any atom is 0.214 e. The van der Waals surface area contributed by atoms with Gasteiger partial charge in [0.25, 0.3) is 0 Å². The minimum absolute atomic E-state index is 0.572. The van der Waals surface area contributed by atoms with Gasteiger partial charge in [-0.1, -0.05) is 41.6 Å². The van der Waals surface area contributed by atoms with E-state index < -0.39 is 0 Å². The summed E-state index contributed by atoms with van der Waals surface area (Å²) in [4.78, 5) is 5.75. The summed E-state index contributed by atoms with van der Waals surface area (Å²) in [7, 11) is 1.63. The van der Waals surface area contributed by atoms with Gasteiger partial charge in [0.15, 0.2) is 0 Å². The molecule has 26 heavy (non-hydrogen) atoms. The summed E-state index contributed by atoms with van der Waals surface area (Å²) < 4.78 is 7.30. The van der Waals surface area contributed by atoms with E-state index in [1.807, 2.05) is 48.0 Å². The number of nitrogens with zero attached hydrogens (tertiary/aromatic N) is 4. The van der Waals surface area contributed by atoms with Crippen LogP contribution in [0.25, 0.3) is 21.8 Å². The molecular weight excluding hydrogens is 344 g/mol. The summed E-state index contributed by atoms with van der Waals surface area (Å²) >= 11 is 1.69. The molecule has 0 unspecified atom stereocenters. The largest absolute Gasteiger partial charge is 0.481 e. The van der Waals surface area contributed by atoms with Crippen molar-refractivity contribution in [2.45, 2.75) is 13.5 Å². The van der Waals surface area contributed by atoms with E-state index in [9.17, 15) is 0 Å². The number of hydrogen-bond donors (Lipinski definition) is 0. The Morgan fingerprint density at radius 1 is 1.08 bits per heavy atom. The summed E-state index contributed by atoms with van der Waals surface area (Å²) in [5.74, 6) is 0.572. The number of methoxy groups -OCH3 is 1. The number of ether oxygens (including phenoxy) is 1. The number of thiophene rings is 1. The third kappa shape index (κ3) is 3.23. The van der Waals surface area contributed by atoms with Gasteiger partial charge in [-0.15, -0.1) is 16.4 Å². The molecule has 0 fully saturated rings. The first kappa shape index (κ1) is 16.5. The van der Waals surface area contributed by atoms with Crippen molar-refractivity contribution >= 4 is 11.3 Å². The summed E-state index contributed by atoms with van der Waals surface area (Å²) in [6.45, 7) is 2.70. The Morgan fingerprint density at radius 3 is 2.65 bits per heavy atom. The quantitative estimate of drug-likeness (QED) is 0.527. The average Bonchev–Trinajstić information content (AvgIpc) is 3.33. The highest BCUT2D eigenvalue weighted by Crippen LogP contribution is 2.31. The van der Waals surface area contributed by atoms with Crippen molar-refractivity contribution in [1.82, 2.24) is 20.0 Å². The van der Waals surface area contributed by atoms with Crippen LogP contribution < -0.4 is 4.74 Å². The fraction of sp³-hybridized carbons (Fsp3) is 0.150. The van der Waals surface area contributed by atoms with Gasteiger partial charge in [-0.2, -0.15) is 0 Å². The van der Waals surface area contributed by atoms with Crippen LogP contribution in [0.15, 0.2) is 60.0 Å². The van der Waals surface area contributed by atoms with Crippen LogP contribution in [0.4, 0.5) is 0 Å². The van der Waals surface area contributed by atoms with E-state index in [1.54, 1.807) is 18.4 Å². The highest BCUT2D eigenvalue weighted by molar-refractivity contribution is 7.13. The van der Waals surface area contributed by atoms with E-state index in [0.717, 1.165) is 22.6 Å². The predicted molar refractivity (Wildman–Crippen MR) is 103 cm³/mol. The summed E-state index contributed by atoms with van der Waals surface area (Å²) in [5.41, 5.74) is 4.78. The molecule has 5 nitrogen and oxygen atoms in total. The van der Waals surface area contributed by atoms with Gasteiger partial charge in [0.05, 0.1) is 25.0 Å². The molecule has 3 aromatic heterocycles. The number of rotatable bonds is 5. The fourth-order valence-electron chi connectivity index (χ4n) is 2.82. The second kappa shape index (κ2) is 7.09. The van der Waals surface area contributed by atoms with Crippen LogP contribution in [0.5, 0.6) is 5.88 Å². The molecule has 0 radical (unpaired) electrons. The Kier molecular flexibility index (Phi) is 4.50. The molecule has 4 rings (SSSR count). The normalized spacial score (nSPS) is 10.8. The molecule has 130 valence electrons. The molecule has 0 spiro atoms. The van der Waals surface area contributed by atoms with Gasteiger partial charge < -0.3 is 4.74 Å². The third-order valence-electron chi connectivity index (χ3n) is 4.22. The van der Waals surface area contributed by atoms with Crippen molar-refractivity contribution in [3.8, 4) is 27.7 Å². The van der Waals surface area contributed by atoms with E-state index in [1.165, 1.54) is 10.4 Å². The molecule has 0 atom stereocenters. The molecule has 0 saturated carbocycles. The van der Waals surface area contributed by atoms with Crippen LogP contribution >= 0.6 is 11.3 Å². The first-order chi connectivity index (χ1) is 12.7. The topological polar surface area (TPSA) is 52.8 Å². The minimum Gasteiger partial charge on any atom is -0.481 e. The number of pyridine rings is 1. The van der Waals surface area contributed by atoms with Gasteiger partial charge in [0, 0.05) is 10.9 Å². The highest BCUT2D eigenvalue weighted by atomic mass is 32.1. The summed E-state index contributed by atoms with van der Waals surface area (Å²) in [6, 6.07) is 18.3. The number of benzene rings is 1. The zero-order chi connectivity index (χ0) is 17.9. The van der Waals surface area contributed by atoms with Crippen molar-refractivity contribution in [3.05, 3.63) is 71.2 Å². The van der Waals surface area contributed by atoms with Crippen LogP contribution in [0, 0.1) is 6.92 Å². The van der Waals surface area contributed by atoms with Crippen LogP contribution in [0.3, 0.4) is 0 Å². The lowest BCUT2D eigenvalue weighted by Crippen LogP contribution is -2.04. The van der Waals surface area contributed by atoms with Gasteiger partial charge in [-0.3, -0.25) is 0 Å². The molecule has 0 aliphatic heterocycles. The van der Waals surface area contributed by atoms with Crippen LogP contribution in [0.2, 0.25) is 0 Å². The van der Waals surface area contributed by atoms with Gasteiger partial charge in [0.2, 0.25) is 5.88 Å². The Hall–Kier alpha value is -2.99. The Balaban J connectivity index is 1.73. The fourth-order valence-corrected chi connectivity index (χ4v) is 3.53. The molecule has 0 aliphatic rings. The lowest BCUT2D eigenvalue weighted by molar-refractivity contribution is 0.398. The highest BCUT2D eigenvalue weighted by Gasteiger charge is 2.15. The predicted octanol–water partition coefficient (Wildman–Crippen LogP) is 4.43. The van der Waals surface area contributed by atoms with Crippen molar-refractivity contribution in [2.75, 3.05) is 7.11 Å². The molecule has 0 N–H and O–H groups in total. The third-order valence-corrected chi connectivity index (χ3v) is 5.14. The molecule has 4 aromatic rings. The summed E-state index contributed by atoms with van der Waals surface area (Å²) in [6.07, 6.45) is 0. The van der Waals surface area contributed by atoms with Crippen molar-refractivity contribution in [2.24, 2.45) is 0 Å². The average molecular weight is 362 g/mol. The van der Waals surface area contributed by atoms with Crippen molar-refractivity contribution in [3.63, 3.8) is 0 Å². The van der Waals surface area contributed by atoms with Crippen LogP contribution in [0.1, 0.15) is 11.3 Å². The van der Waals surface area contributed by atoms with Crippen molar-refractivity contribution < 1.29 is 4.74 Å². The zero-order valence-corrected chi connectivity index (χ0v) is 15.4. The van der Waals surface area contributed by atoms with Gasteiger partial charge in [0.1, 0.15) is 5.69 Å². The maximum absolute atomic E-state index is 5.40. The Morgan fingerprint density at radius 2 is 1.92 bits per heavy atom. The Labute approximate surface area is 155 Å². The number of hydrogen-bond acceptors (Lipinski definition) is 5. The summed E-state index contributed by atoms with van der Waals surface area (Å²) in [5, 5.41) is 10.8. The molecule has 1 aromatic carbocycles. The Bertz CT molecular complexity index is 1010. The zero-order valence-electron chi connectivity index (χ0n) is 14.6. The molecule has 0 aliphatic carbocycles. The first-order valence-electron chi connectivity index (χ1n) is 8.29. The monoisotopic (exact) mass is 362 g/mol. The SMILES string of the molecule is COc1cc(-c2cccs2)cc(-c2nnn(Cc3ccccc3)c2C)n1. The molecule has 6 heteroatoms. The molecule has 3 heterocycles. The second-order valence-electron chi connectivity index (χ2n) is 5.93. The van der Waals surface area contributed by atoms with E-state index in [2.05, 4.69) is 38.9 Å². The van der Waals surface area contributed by atoms with Gasteiger partial charge in [-0.25, -0.2) is 9.67 Å². The molecular formula is C20H18N4OS. The molecule has 0 saturated heterocycles. The van der Waals surface area contributed by atoms with Crippen LogP contribution in [-0.2, 0) is 6.54 Å². The van der Waals surface area contributed by atoms with Crippen LogP contribution in [-0.4, -0.2) is 27.1 Å². The van der Waals surface area contributed by atoms with E-state index >= 15 is 0 Å². The lowest BCUT2D eigenvalue weighted by atomic mass is 10.1. The van der Waals surface area contributed by atoms with Crippen molar-refractivity contribution in [1.29, 1.82) is 0 Å². The minimum atomic E-state index is 0.572. The van der Waals surface area contributed by atoms with E-state index in [0.29, 0.717) is 12.4 Å². The standard InChI is InChI=1S/C20H18N4OS/c1-14-20(22-23-24(14)13-15-7-4-3-5-8-15)17-11-16(12-19(21-17)25-2)18-9-6-10-26-18/h3-12H,13H2,1-2H3. The van der Waals surface area contributed by atoms with Gasteiger partial charge >= 0.3 is 0 Å². The maximum atomic E-state index is 5.40. The smallest absolute Gasteiger partial charge is 0.214 e. The van der Waals surface area contributed by atoms with E-state index in [4.69, 9.17) is 4.74 Å². The van der Waals surface area contributed by atoms with Gasteiger partial charge in [-0.05, 0) is 35.6 Å². The number of aromatic nitrogens is 4. The lowest BCUT2D eigenvalue weighted by Gasteiger charge is -2.07. The molecule has 0 bridgehead atoms. The second-order valence-corrected chi connectivity index (χ2v) is 6.88. The van der Waals surface area contributed by atoms with E-state index in [-0.39, 0.29) is 0 Å². The molecule has 0 amide bonds.